The minimum atomic E-state index is -0.400. The molecule has 0 aliphatic heterocycles. The average molecular weight is 254 g/mol. The van der Waals surface area contributed by atoms with Crippen LogP contribution in [0.2, 0.25) is 0 Å². The van der Waals surface area contributed by atoms with Crippen LogP contribution in [0.15, 0.2) is 6.20 Å². The maximum absolute atomic E-state index is 13.5. The van der Waals surface area contributed by atoms with Gasteiger partial charge in [0, 0.05) is 13.1 Å². The lowest BCUT2D eigenvalue weighted by Crippen LogP contribution is -2.15. The number of nitrogens with zero attached hydrogens (tertiary/aromatic N) is 2. The predicted molar refractivity (Wildman–Crippen MR) is 73.3 cm³/mol. The predicted octanol–water partition coefficient (Wildman–Crippen LogP) is 3.29. The third kappa shape index (κ3) is 4.47. The van der Waals surface area contributed by atoms with Crippen molar-refractivity contribution >= 4 is 11.8 Å². The van der Waals surface area contributed by atoms with Gasteiger partial charge in [0.2, 0.25) is 5.95 Å². The molecule has 1 aromatic heterocycles. The van der Waals surface area contributed by atoms with Gasteiger partial charge in [-0.3, -0.25) is 0 Å². The van der Waals surface area contributed by atoms with Crippen LogP contribution in [0.25, 0.3) is 0 Å². The van der Waals surface area contributed by atoms with Crippen molar-refractivity contribution in [3.05, 3.63) is 12.0 Å². The van der Waals surface area contributed by atoms with Crippen molar-refractivity contribution in [1.29, 1.82) is 0 Å². The molecule has 0 atom stereocenters. The molecule has 0 bridgehead atoms. The first-order chi connectivity index (χ1) is 8.71. The topological polar surface area (TPSA) is 49.8 Å². The number of aromatic nitrogens is 2. The number of hydrogen-bond acceptors (Lipinski definition) is 4. The van der Waals surface area contributed by atoms with E-state index in [1.807, 2.05) is 0 Å². The summed E-state index contributed by atoms with van der Waals surface area (Å²) in [6.45, 7) is 7.87. The molecule has 1 aromatic rings. The second-order valence-corrected chi connectivity index (χ2v) is 4.38. The van der Waals surface area contributed by atoms with E-state index in [-0.39, 0.29) is 5.82 Å². The van der Waals surface area contributed by atoms with Crippen LogP contribution in [0, 0.1) is 11.7 Å². The summed E-state index contributed by atoms with van der Waals surface area (Å²) in [4.78, 5) is 8.05. The molecule has 0 unspecified atom stereocenters. The SMILES string of the molecule is CCCNc1ncc(F)c(NCC(CC)CC)n1. The quantitative estimate of drug-likeness (QED) is 0.747. The van der Waals surface area contributed by atoms with Gasteiger partial charge in [0.25, 0.3) is 0 Å². The highest BCUT2D eigenvalue weighted by Gasteiger charge is 2.09. The monoisotopic (exact) mass is 254 g/mol. The number of hydrogen-bond donors (Lipinski definition) is 2. The van der Waals surface area contributed by atoms with E-state index in [9.17, 15) is 4.39 Å². The standard InChI is InChI=1S/C13H23FN4/c1-4-7-15-13-17-9-11(14)12(18-13)16-8-10(5-2)6-3/h9-10H,4-8H2,1-3H3,(H2,15,16,17,18). The maximum Gasteiger partial charge on any atom is 0.224 e. The lowest BCUT2D eigenvalue weighted by molar-refractivity contribution is 0.515. The first-order valence-electron chi connectivity index (χ1n) is 6.71. The van der Waals surface area contributed by atoms with Crippen molar-refractivity contribution in [3.8, 4) is 0 Å². The Hall–Kier alpha value is -1.39. The van der Waals surface area contributed by atoms with Gasteiger partial charge in [-0.15, -0.1) is 0 Å². The number of rotatable bonds is 8. The fraction of sp³-hybridized carbons (Fsp3) is 0.692. The molecule has 0 spiro atoms. The van der Waals surface area contributed by atoms with E-state index in [4.69, 9.17) is 0 Å². The van der Waals surface area contributed by atoms with Gasteiger partial charge >= 0.3 is 0 Å². The first kappa shape index (κ1) is 14.7. The van der Waals surface area contributed by atoms with E-state index in [0.29, 0.717) is 11.9 Å². The molecular weight excluding hydrogens is 231 g/mol. The third-order valence-electron chi connectivity index (χ3n) is 2.99. The van der Waals surface area contributed by atoms with E-state index in [1.54, 1.807) is 0 Å². The summed E-state index contributed by atoms with van der Waals surface area (Å²) in [5.41, 5.74) is 0. The van der Waals surface area contributed by atoms with Gasteiger partial charge in [0.15, 0.2) is 11.6 Å². The number of anilines is 2. The highest BCUT2D eigenvalue weighted by Crippen LogP contribution is 2.14. The summed E-state index contributed by atoms with van der Waals surface area (Å²) in [6.07, 6.45) is 4.35. The summed E-state index contributed by atoms with van der Waals surface area (Å²) in [5, 5.41) is 6.11. The molecule has 1 heterocycles. The zero-order valence-electron chi connectivity index (χ0n) is 11.5. The largest absolute Gasteiger partial charge is 0.367 e. The van der Waals surface area contributed by atoms with Crippen LogP contribution < -0.4 is 10.6 Å². The highest BCUT2D eigenvalue weighted by atomic mass is 19.1. The Kier molecular flexibility index (Phi) is 6.39. The van der Waals surface area contributed by atoms with Crippen molar-refractivity contribution in [2.75, 3.05) is 23.7 Å². The Balaban J connectivity index is 2.62. The van der Waals surface area contributed by atoms with E-state index in [0.717, 1.165) is 32.4 Å². The Morgan fingerprint density at radius 2 is 1.94 bits per heavy atom. The normalized spacial score (nSPS) is 10.7. The molecule has 2 N–H and O–H groups in total. The zero-order valence-corrected chi connectivity index (χ0v) is 11.5. The minimum absolute atomic E-state index is 0.288. The molecule has 0 amide bonds. The van der Waals surface area contributed by atoms with Crippen molar-refractivity contribution in [2.24, 2.45) is 5.92 Å². The number of nitrogens with one attached hydrogen (secondary N) is 2. The molecule has 102 valence electrons. The Bertz CT molecular complexity index is 353. The lowest BCUT2D eigenvalue weighted by Gasteiger charge is -2.14. The van der Waals surface area contributed by atoms with Gasteiger partial charge < -0.3 is 10.6 Å². The van der Waals surface area contributed by atoms with Gasteiger partial charge in [-0.2, -0.15) is 4.98 Å². The number of halogens is 1. The molecule has 4 nitrogen and oxygen atoms in total. The molecule has 1 rings (SSSR count). The minimum Gasteiger partial charge on any atom is -0.367 e. The smallest absolute Gasteiger partial charge is 0.224 e. The van der Waals surface area contributed by atoms with Gasteiger partial charge in [-0.25, -0.2) is 9.37 Å². The van der Waals surface area contributed by atoms with Gasteiger partial charge in [-0.1, -0.05) is 33.6 Å². The van der Waals surface area contributed by atoms with Crippen LogP contribution >= 0.6 is 0 Å². The second-order valence-electron chi connectivity index (χ2n) is 4.38. The van der Waals surface area contributed by atoms with Crippen molar-refractivity contribution in [2.45, 2.75) is 40.0 Å². The van der Waals surface area contributed by atoms with E-state index in [1.165, 1.54) is 6.20 Å². The van der Waals surface area contributed by atoms with Gasteiger partial charge in [-0.05, 0) is 12.3 Å². The molecule has 0 saturated heterocycles. The summed E-state index contributed by atoms with van der Waals surface area (Å²) in [6, 6.07) is 0. The molecule has 0 aromatic carbocycles. The second kappa shape index (κ2) is 7.84. The van der Waals surface area contributed by atoms with Gasteiger partial charge in [0.05, 0.1) is 6.20 Å². The molecule has 0 aliphatic rings. The molecule has 18 heavy (non-hydrogen) atoms. The molecule has 0 fully saturated rings. The maximum atomic E-state index is 13.5. The summed E-state index contributed by atoms with van der Waals surface area (Å²) < 4.78 is 13.5. The Morgan fingerprint density at radius 3 is 2.56 bits per heavy atom. The van der Waals surface area contributed by atoms with Crippen LogP contribution in [0.5, 0.6) is 0 Å². The summed E-state index contributed by atoms with van der Waals surface area (Å²) in [5.74, 6) is 0.912. The van der Waals surface area contributed by atoms with Crippen molar-refractivity contribution < 1.29 is 4.39 Å². The Morgan fingerprint density at radius 1 is 1.22 bits per heavy atom. The van der Waals surface area contributed by atoms with Crippen LogP contribution in [0.1, 0.15) is 40.0 Å². The van der Waals surface area contributed by atoms with Crippen LogP contribution in [-0.4, -0.2) is 23.1 Å². The zero-order chi connectivity index (χ0) is 13.4. The lowest BCUT2D eigenvalue weighted by atomic mass is 10.0. The summed E-state index contributed by atoms with van der Waals surface area (Å²) >= 11 is 0. The van der Waals surface area contributed by atoms with Crippen molar-refractivity contribution in [3.63, 3.8) is 0 Å². The molecule has 0 saturated carbocycles. The van der Waals surface area contributed by atoms with Gasteiger partial charge in [0.1, 0.15) is 0 Å². The van der Waals surface area contributed by atoms with E-state index < -0.39 is 5.82 Å². The van der Waals surface area contributed by atoms with Crippen molar-refractivity contribution in [1.82, 2.24) is 9.97 Å². The third-order valence-corrected chi connectivity index (χ3v) is 2.99. The fourth-order valence-electron chi connectivity index (χ4n) is 1.63. The molecule has 5 heteroatoms. The van der Waals surface area contributed by atoms with E-state index in [2.05, 4.69) is 41.4 Å². The van der Waals surface area contributed by atoms with Crippen LogP contribution in [0.4, 0.5) is 16.2 Å². The molecular formula is C13H23FN4. The summed E-state index contributed by atoms with van der Waals surface area (Å²) in [7, 11) is 0. The molecule has 0 radical (unpaired) electrons. The average Bonchev–Trinajstić information content (AvgIpc) is 2.40. The van der Waals surface area contributed by atoms with E-state index >= 15 is 0 Å². The van der Waals surface area contributed by atoms with Crippen LogP contribution in [0.3, 0.4) is 0 Å². The van der Waals surface area contributed by atoms with Crippen LogP contribution in [-0.2, 0) is 0 Å². The first-order valence-corrected chi connectivity index (χ1v) is 6.71. The highest BCUT2D eigenvalue weighted by molar-refractivity contribution is 5.41. The Labute approximate surface area is 108 Å². The molecule has 0 aliphatic carbocycles. The fourth-order valence-corrected chi connectivity index (χ4v) is 1.63.